The quantitative estimate of drug-likeness (QED) is 0.359. The van der Waals surface area contributed by atoms with Gasteiger partial charge in [-0.1, -0.05) is 79.4 Å². The highest BCUT2D eigenvalue weighted by Gasteiger charge is 2.69. The van der Waals surface area contributed by atoms with Crippen molar-refractivity contribution in [2.45, 2.75) is 151 Å². The fourth-order valence-electron chi connectivity index (χ4n) is 12.1. The fraction of sp³-hybridized carbons (Fsp3) is 0.889. The van der Waals surface area contributed by atoms with Gasteiger partial charge >= 0.3 is 0 Å². The average Bonchev–Trinajstić information content (AvgIpc) is 2.87. The molecule has 5 saturated carbocycles. The predicted molar refractivity (Wildman–Crippen MR) is 159 cm³/mol. The number of allylic oxidation sites excluding steroid dienone is 1. The molecule has 0 unspecified atom stereocenters. The molecular weight excluding hydrogens is 478 g/mol. The van der Waals surface area contributed by atoms with E-state index >= 15 is 0 Å². The molecule has 0 aromatic rings. The van der Waals surface area contributed by atoms with Gasteiger partial charge in [0, 0.05) is 17.9 Å². The van der Waals surface area contributed by atoms with Crippen molar-refractivity contribution in [2.24, 2.45) is 50.2 Å². The lowest BCUT2D eigenvalue weighted by atomic mass is 9.32. The second kappa shape index (κ2) is 8.94. The van der Waals surface area contributed by atoms with Crippen LogP contribution in [0.1, 0.15) is 145 Å². The zero-order valence-corrected chi connectivity index (χ0v) is 26.3. The Hall–Kier alpha value is -1.12. The van der Waals surface area contributed by atoms with E-state index in [9.17, 15) is 9.59 Å². The van der Waals surface area contributed by atoms with E-state index in [1.54, 1.807) is 0 Å². The molecule has 0 aromatic heterocycles. The molecular formula is C36H57NO2. The van der Waals surface area contributed by atoms with E-state index in [1.807, 2.05) is 0 Å². The first kappa shape index (κ1) is 28.0. The van der Waals surface area contributed by atoms with Crippen LogP contribution in [0.3, 0.4) is 0 Å². The molecule has 0 radical (unpaired) electrons. The third kappa shape index (κ3) is 3.86. The largest absolute Gasteiger partial charge is 0.353 e. The molecule has 6 rings (SSSR count). The summed E-state index contributed by atoms with van der Waals surface area (Å²) >= 11 is 0. The topological polar surface area (TPSA) is 46.2 Å². The Kier molecular flexibility index (Phi) is 6.42. The van der Waals surface area contributed by atoms with Gasteiger partial charge in [0.1, 0.15) is 5.78 Å². The number of hydrogen-bond donors (Lipinski definition) is 1. The van der Waals surface area contributed by atoms with Crippen molar-refractivity contribution in [1.29, 1.82) is 0 Å². The molecule has 0 bridgehead atoms. The van der Waals surface area contributed by atoms with Crippen LogP contribution in [0.5, 0.6) is 0 Å². The first-order chi connectivity index (χ1) is 18.2. The standard InChI is InChI=1S/C36H57NO2/c1-31(2)19-21-36(30(39)37-24-11-9-8-10-12-24)22-20-34(6)25(26(36)23-31)13-14-28-33(5)17-16-29(38)32(3,4)27(33)15-18-35(28,34)7/h23-25,27-28H,8-22H2,1-7H3,(H,37,39)/t25-,27+,28-,33+,34-,35-,36+/m1/s1. The monoisotopic (exact) mass is 535 g/mol. The van der Waals surface area contributed by atoms with Crippen LogP contribution in [0.4, 0.5) is 0 Å². The van der Waals surface area contributed by atoms with Crippen LogP contribution in [-0.4, -0.2) is 17.7 Å². The zero-order chi connectivity index (χ0) is 28.1. The summed E-state index contributed by atoms with van der Waals surface area (Å²) < 4.78 is 0. The molecule has 0 aliphatic heterocycles. The number of rotatable bonds is 2. The SMILES string of the molecule is CC1(C)C=C2[C@H]3CC[C@@H]4[C@@]5(C)CCC(=O)C(C)(C)[C@@H]5CC[C@@]4(C)[C@]3(C)CC[C@@]2(C(=O)NC2CCCCC2)CC1. The second-order valence-corrected chi connectivity index (χ2v) is 17.2. The van der Waals surface area contributed by atoms with Crippen molar-refractivity contribution in [3.8, 4) is 0 Å². The van der Waals surface area contributed by atoms with Gasteiger partial charge in [-0.3, -0.25) is 9.59 Å². The number of nitrogens with one attached hydrogen (secondary N) is 1. The molecule has 6 aliphatic rings. The Labute approximate surface area is 239 Å². The number of Topliss-reactive ketones (excluding diaryl/α,β-unsaturated/α-hetero) is 1. The number of fused-ring (bicyclic) bond motifs is 7. The molecule has 0 saturated heterocycles. The maximum atomic E-state index is 14.3. The van der Waals surface area contributed by atoms with Gasteiger partial charge in [-0.2, -0.15) is 0 Å². The lowest BCUT2D eigenvalue weighted by Gasteiger charge is -2.72. The summed E-state index contributed by atoms with van der Waals surface area (Å²) in [7, 11) is 0. The molecule has 3 heteroatoms. The highest BCUT2D eigenvalue weighted by atomic mass is 16.2. The Morgan fingerprint density at radius 3 is 2.15 bits per heavy atom. The first-order valence-corrected chi connectivity index (χ1v) is 16.8. The number of hydrogen-bond acceptors (Lipinski definition) is 2. The minimum Gasteiger partial charge on any atom is -0.353 e. The van der Waals surface area contributed by atoms with Crippen LogP contribution in [-0.2, 0) is 9.59 Å². The van der Waals surface area contributed by atoms with Gasteiger partial charge in [0.25, 0.3) is 0 Å². The molecule has 0 aromatic carbocycles. The highest BCUT2D eigenvalue weighted by Crippen LogP contribution is 2.76. The van der Waals surface area contributed by atoms with Crippen LogP contribution in [0, 0.1) is 50.2 Å². The predicted octanol–water partition coefficient (Wildman–Crippen LogP) is 8.81. The van der Waals surface area contributed by atoms with Gasteiger partial charge in [-0.15, -0.1) is 0 Å². The van der Waals surface area contributed by atoms with E-state index in [0.29, 0.717) is 35.5 Å². The van der Waals surface area contributed by atoms with Crippen LogP contribution in [0.2, 0.25) is 0 Å². The molecule has 1 amide bonds. The summed E-state index contributed by atoms with van der Waals surface area (Å²) in [6, 6.07) is 0.381. The van der Waals surface area contributed by atoms with Crippen LogP contribution in [0.25, 0.3) is 0 Å². The Morgan fingerprint density at radius 2 is 1.44 bits per heavy atom. The third-order valence-corrected chi connectivity index (χ3v) is 14.7. The summed E-state index contributed by atoms with van der Waals surface area (Å²) in [4.78, 5) is 27.4. The molecule has 1 N–H and O–H groups in total. The Bertz CT molecular complexity index is 1060. The van der Waals surface area contributed by atoms with E-state index in [1.165, 1.54) is 56.9 Å². The summed E-state index contributed by atoms with van der Waals surface area (Å²) in [5, 5.41) is 3.62. The normalized spacial score (nSPS) is 47.1. The number of amides is 1. The fourth-order valence-corrected chi connectivity index (χ4v) is 12.1. The molecule has 5 fully saturated rings. The van der Waals surface area contributed by atoms with E-state index in [0.717, 1.165) is 44.9 Å². The lowest BCUT2D eigenvalue weighted by Crippen LogP contribution is -2.66. The Morgan fingerprint density at radius 1 is 0.744 bits per heavy atom. The van der Waals surface area contributed by atoms with E-state index in [2.05, 4.69) is 59.9 Å². The van der Waals surface area contributed by atoms with Crippen molar-refractivity contribution in [2.75, 3.05) is 0 Å². The van der Waals surface area contributed by atoms with Gasteiger partial charge in [0.2, 0.25) is 5.91 Å². The van der Waals surface area contributed by atoms with E-state index in [4.69, 9.17) is 0 Å². The zero-order valence-electron chi connectivity index (χ0n) is 26.3. The molecule has 3 nitrogen and oxygen atoms in total. The van der Waals surface area contributed by atoms with E-state index < -0.39 is 0 Å². The number of carbonyl (C=O) groups is 2. The van der Waals surface area contributed by atoms with Gasteiger partial charge in [-0.25, -0.2) is 0 Å². The summed E-state index contributed by atoms with van der Waals surface area (Å²) in [5.74, 6) is 2.53. The van der Waals surface area contributed by atoms with Crippen LogP contribution >= 0.6 is 0 Å². The van der Waals surface area contributed by atoms with Gasteiger partial charge in [0.15, 0.2) is 0 Å². The maximum Gasteiger partial charge on any atom is 0.230 e. The van der Waals surface area contributed by atoms with Crippen molar-refractivity contribution in [3.05, 3.63) is 11.6 Å². The molecule has 0 spiro atoms. The Balaban J connectivity index is 1.36. The number of carbonyl (C=O) groups excluding carboxylic acids is 2. The highest BCUT2D eigenvalue weighted by molar-refractivity contribution is 5.87. The molecule has 218 valence electrons. The minimum atomic E-state index is -0.291. The van der Waals surface area contributed by atoms with Gasteiger partial charge in [0.05, 0.1) is 5.41 Å². The van der Waals surface area contributed by atoms with E-state index in [-0.39, 0.29) is 32.5 Å². The van der Waals surface area contributed by atoms with Crippen molar-refractivity contribution < 1.29 is 9.59 Å². The molecule has 6 aliphatic carbocycles. The molecule has 7 atom stereocenters. The average molecular weight is 536 g/mol. The van der Waals surface area contributed by atoms with Crippen molar-refractivity contribution in [1.82, 2.24) is 5.32 Å². The van der Waals surface area contributed by atoms with Crippen LogP contribution < -0.4 is 5.32 Å². The smallest absolute Gasteiger partial charge is 0.230 e. The third-order valence-electron chi connectivity index (χ3n) is 14.7. The summed E-state index contributed by atoms with van der Waals surface area (Å²) in [6.07, 6.45) is 19.8. The van der Waals surface area contributed by atoms with Gasteiger partial charge < -0.3 is 5.32 Å². The minimum absolute atomic E-state index is 0.164. The van der Waals surface area contributed by atoms with Crippen molar-refractivity contribution in [3.63, 3.8) is 0 Å². The second-order valence-electron chi connectivity index (χ2n) is 17.2. The van der Waals surface area contributed by atoms with Crippen molar-refractivity contribution >= 4 is 11.7 Å². The van der Waals surface area contributed by atoms with Crippen LogP contribution in [0.15, 0.2) is 11.6 Å². The lowest BCUT2D eigenvalue weighted by molar-refractivity contribution is -0.211. The number of ketones is 1. The maximum absolute atomic E-state index is 14.3. The summed E-state index contributed by atoms with van der Waals surface area (Å²) in [6.45, 7) is 17.2. The molecule has 0 heterocycles. The summed E-state index contributed by atoms with van der Waals surface area (Å²) in [5.41, 5.74) is 1.92. The molecule has 39 heavy (non-hydrogen) atoms. The van der Waals surface area contributed by atoms with Gasteiger partial charge in [-0.05, 0) is 110 Å². The first-order valence-electron chi connectivity index (χ1n) is 16.8.